The number of amides is 1. The van der Waals surface area contributed by atoms with Crippen LogP contribution < -0.4 is 16.0 Å². The SMILES string of the molecule is CN1CCCCC1CNC(=O)c1ccc2c(c1)NCCN2. The lowest BCUT2D eigenvalue weighted by atomic mass is 10.0. The van der Waals surface area contributed by atoms with Gasteiger partial charge in [0.15, 0.2) is 0 Å². The molecule has 1 atom stereocenters. The van der Waals surface area contributed by atoms with E-state index in [9.17, 15) is 4.79 Å². The van der Waals surface area contributed by atoms with Gasteiger partial charge >= 0.3 is 0 Å². The van der Waals surface area contributed by atoms with Gasteiger partial charge in [0, 0.05) is 31.2 Å². The van der Waals surface area contributed by atoms with Gasteiger partial charge in [-0.15, -0.1) is 0 Å². The average molecular weight is 288 g/mol. The van der Waals surface area contributed by atoms with E-state index in [4.69, 9.17) is 0 Å². The van der Waals surface area contributed by atoms with Gasteiger partial charge in [-0.05, 0) is 44.6 Å². The van der Waals surface area contributed by atoms with Gasteiger partial charge in [0.1, 0.15) is 0 Å². The lowest BCUT2D eigenvalue weighted by Gasteiger charge is -2.32. The molecule has 1 aromatic carbocycles. The minimum atomic E-state index is 0.0177. The zero-order chi connectivity index (χ0) is 14.7. The Bertz CT molecular complexity index is 517. The number of likely N-dealkylation sites (tertiary alicyclic amines) is 1. The van der Waals surface area contributed by atoms with Crippen molar-refractivity contribution < 1.29 is 4.79 Å². The van der Waals surface area contributed by atoms with Crippen molar-refractivity contribution in [2.75, 3.05) is 43.9 Å². The fourth-order valence-corrected chi connectivity index (χ4v) is 3.09. The number of hydrogen-bond donors (Lipinski definition) is 3. The molecular formula is C16H24N4O. The van der Waals surface area contributed by atoms with E-state index < -0.39 is 0 Å². The van der Waals surface area contributed by atoms with Crippen LogP contribution in [0.25, 0.3) is 0 Å². The Balaban J connectivity index is 1.60. The number of carbonyl (C=O) groups is 1. The quantitative estimate of drug-likeness (QED) is 0.793. The van der Waals surface area contributed by atoms with Crippen LogP contribution in [0.15, 0.2) is 18.2 Å². The molecular weight excluding hydrogens is 264 g/mol. The van der Waals surface area contributed by atoms with Crippen LogP contribution >= 0.6 is 0 Å². The Morgan fingerprint density at radius 1 is 1.29 bits per heavy atom. The van der Waals surface area contributed by atoms with Crippen LogP contribution in [-0.2, 0) is 0 Å². The number of nitrogens with zero attached hydrogens (tertiary/aromatic N) is 1. The highest BCUT2D eigenvalue weighted by Crippen LogP contribution is 2.25. The summed E-state index contributed by atoms with van der Waals surface area (Å²) in [6, 6.07) is 6.27. The number of rotatable bonds is 3. The maximum atomic E-state index is 12.3. The lowest BCUT2D eigenvalue weighted by Crippen LogP contribution is -2.44. The van der Waals surface area contributed by atoms with E-state index in [1.165, 1.54) is 19.3 Å². The minimum Gasteiger partial charge on any atom is -0.382 e. The van der Waals surface area contributed by atoms with Crippen molar-refractivity contribution in [1.82, 2.24) is 10.2 Å². The van der Waals surface area contributed by atoms with Crippen LogP contribution in [-0.4, -0.2) is 50.1 Å². The van der Waals surface area contributed by atoms with Crippen LogP contribution in [0.5, 0.6) is 0 Å². The molecule has 0 spiro atoms. The largest absolute Gasteiger partial charge is 0.382 e. The van der Waals surface area contributed by atoms with Crippen molar-refractivity contribution in [2.45, 2.75) is 25.3 Å². The third-order valence-corrected chi connectivity index (χ3v) is 4.46. The summed E-state index contributed by atoms with van der Waals surface area (Å²) in [5.74, 6) is 0.0177. The minimum absolute atomic E-state index is 0.0177. The first kappa shape index (κ1) is 14.2. The molecule has 1 aromatic rings. The van der Waals surface area contributed by atoms with Gasteiger partial charge in [0.2, 0.25) is 0 Å². The summed E-state index contributed by atoms with van der Waals surface area (Å²) in [6.07, 6.45) is 3.70. The zero-order valence-corrected chi connectivity index (χ0v) is 12.6. The summed E-state index contributed by atoms with van der Waals surface area (Å²) < 4.78 is 0. The first-order chi connectivity index (χ1) is 10.2. The fourth-order valence-electron chi connectivity index (χ4n) is 3.09. The molecule has 0 saturated carbocycles. The topological polar surface area (TPSA) is 56.4 Å². The summed E-state index contributed by atoms with van der Waals surface area (Å²) >= 11 is 0. The van der Waals surface area contributed by atoms with E-state index in [1.807, 2.05) is 18.2 Å². The number of benzene rings is 1. The molecule has 0 radical (unpaired) electrons. The van der Waals surface area contributed by atoms with Crippen molar-refractivity contribution >= 4 is 17.3 Å². The van der Waals surface area contributed by atoms with Crippen molar-refractivity contribution in [3.63, 3.8) is 0 Å². The monoisotopic (exact) mass is 288 g/mol. The number of anilines is 2. The molecule has 0 bridgehead atoms. The van der Waals surface area contributed by atoms with Gasteiger partial charge in [-0.2, -0.15) is 0 Å². The van der Waals surface area contributed by atoms with Crippen LogP contribution in [0, 0.1) is 0 Å². The van der Waals surface area contributed by atoms with E-state index in [0.717, 1.165) is 43.1 Å². The Labute approximate surface area is 126 Å². The van der Waals surface area contributed by atoms with E-state index in [-0.39, 0.29) is 5.91 Å². The summed E-state index contributed by atoms with van der Waals surface area (Å²) in [6.45, 7) is 3.69. The maximum absolute atomic E-state index is 12.3. The molecule has 0 aromatic heterocycles. The molecule has 1 fully saturated rings. The van der Waals surface area contributed by atoms with Crippen LogP contribution in [0.1, 0.15) is 29.6 Å². The Morgan fingerprint density at radius 2 is 2.10 bits per heavy atom. The molecule has 2 aliphatic rings. The number of fused-ring (bicyclic) bond motifs is 1. The molecule has 1 amide bonds. The van der Waals surface area contributed by atoms with Crippen molar-refractivity contribution in [3.8, 4) is 0 Å². The van der Waals surface area contributed by atoms with Crippen molar-refractivity contribution in [1.29, 1.82) is 0 Å². The van der Waals surface area contributed by atoms with E-state index >= 15 is 0 Å². The van der Waals surface area contributed by atoms with Gasteiger partial charge in [-0.1, -0.05) is 6.42 Å². The molecule has 21 heavy (non-hydrogen) atoms. The van der Waals surface area contributed by atoms with Crippen molar-refractivity contribution in [2.24, 2.45) is 0 Å². The number of carbonyl (C=O) groups excluding carboxylic acids is 1. The predicted molar refractivity (Wildman–Crippen MR) is 86.0 cm³/mol. The molecule has 1 unspecified atom stereocenters. The number of nitrogens with one attached hydrogen (secondary N) is 3. The third kappa shape index (κ3) is 3.29. The lowest BCUT2D eigenvalue weighted by molar-refractivity contribution is 0.0928. The van der Waals surface area contributed by atoms with Crippen LogP contribution in [0.2, 0.25) is 0 Å². The fraction of sp³-hybridized carbons (Fsp3) is 0.562. The second-order valence-electron chi connectivity index (χ2n) is 5.95. The first-order valence-corrected chi connectivity index (χ1v) is 7.84. The Hall–Kier alpha value is -1.75. The number of likely N-dealkylation sites (N-methyl/N-ethyl adjacent to an activating group) is 1. The smallest absolute Gasteiger partial charge is 0.251 e. The zero-order valence-electron chi connectivity index (χ0n) is 12.6. The van der Waals surface area contributed by atoms with Gasteiger partial charge < -0.3 is 20.9 Å². The summed E-state index contributed by atoms with van der Waals surface area (Å²) in [7, 11) is 2.14. The molecule has 5 heteroatoms. The summed E-state index contributed by atoms with van der Waals surface area (Å²) in [4.78, 5) is 14.7. The van der Waals surface area contributed by atoms with Crippen LogP contribution in [0.4, 0.5) is 11.4 Å². The second kappa shape index (κ2) is 6.35. The standard InChI is InChI=1S/C16H24N4O/c1-20-9-3-2-4-13(20)11-19-16(21)12-5-6-14-15(10-12)18-8-7-17-14/h5-6,10,13,17-18H,2-4,7-9,11H2,1H3,(H,19,21). The highest BCUT2D eigenvalue weighted by molar-refractivity contribution is 5.96. The predicted octanol–water partition coefficient (Wildman–Crippen LogP) is 1.74. The van der Waals surface area contributed by atoms with E-state index in [1.54, 1.807) is 0 Å². The third-order valence-electron chi connectivity index (χ3n) is 4.46. The van der Waals surface area contributed by atoms with E-state index in [2.05, 4.69) is 27.9 Å². The number of piperidine rings is 1. The molecule has 114 valence electrons. The van der Waals surface area contributed by atoms with Gasteiger partial charge in [0.25, 0.3) is 5.91 Å². The first-order valence-electron chi connectivity index (χ1n) is 7.84. The molecule has 2 aliphatic heterocycles. The average Bonchev–Trinajstić information content (AvgIpc) is 2.53. The van der Waals surface area contributed by atoms with E-state index in [0.29, 0.717) is 6.04 Å². The molecule has 3 rings (SSSR count). The normalized spacial score (nSPS) is 21.9. The highest BCUT2D eigenvalue weighted by Gasteiger charge is 2.20. The maximum Gasteiger partial charge on any atom is 0.251 e. The Kier molecular flexibility index (Phi) is 4.29. The summed E-state index contributed by atoms with van der Waals surface area (Å²) in [5, 5.41) is 9.71. The second-order valence-corrected chi connectivity index (χ2v) is 5.95. The molecule has 2 heterocycles. The van der Waals surface area contributed by atoms with Gasteiger partial charge in [-0.25, -0.2) is 0 Å². The molecule has 1 saturated heterocycles. The number of hydrogen-bond acceptors (Lipinski definition) is 4. The molecule has 3 N–H and O–H groups in total. The van der Waals surface area contributed by atoms with Crippen molar-refractivity contribution in [3.05, 3.63) is 23.8 Å². The summed E-state index contributed by atoms with van der Waals surface area (Å²) in [5.41, 5.74) is 2.82. The van der Waals surface area contributed by atoms with Gasteiger partial charge in [-0.3, -0.25) is 4.79 Å². The van der Waals surface area contributed by atoms with Crippen LogP contribution in [0.3, 0.4) is 0 Å². The molecule has 5 nitrogen and oxygen atoms in total. The van der Waals surface area contributed by atoms with Gasteiger partial charge in [0.05, 0.1) is 11.4 Å². The Morgan fingerprint density at radius 3 is 2.90 bits per heavy atom. The highest BCUT2D eigenvalue weighted by atomic mass is 16.1. The molecule has 0 aliphatic carbocycles.